The van der Waals surface area contributed by atoms with Crippen LogP contribution in [0.15, 0.2) is 24.3 Å². The van der Waals surface area contributed by atoms with Crippen LogP contribution in [-0.2, 0) is 4.74 Å². The summed E-state index contributed by atoms with van der Waals surface area (Å²) in [7, 11) is 1.53. The van der Waals surface area contributed by atoms with Gasteiger partial charge in [-0.25, -0.2) is 9.78 Å². The number of rotatable bonds is 3. The summed E-state index contributed by atoms with van der Waals surface area (Å²) in [5, 5.41) is 11.7. The molecule has 0 saturated carbocycles. The first-order valence-corrected chi connectivity index (χ1v) is 7.63. The van der Waals surface area contributed by atoms with Gasteiger partial charge in [0.2, 0.25) is 0 Å². The zero-order valence-electron chi connectivity index (χ0n) is 12.4. The molecule has 22 heavy (non-hydrogen) atoms. The number of aromatic hydroxyl groups is 1. The number of pyridine rings is 1. The quantitative estimate of drug-likeness (QED) is 0.745. The van der Waals surface area contributed by atoms with Crippen molar-refractivity contribution in [2.75, 3.05) is 7.11 Å². The third kappa shape index (κ3) is 2.25. The van der Waals surface area contributed by atoms with Gasteiger partial charge in [0, 0.05) is 5.39 Å². The molecule has 0 unspecified atom stereocenters. The number of ether oxygens (including phenoxy) is 2. The highest BCUT2D eigenvalue weighted by atomic mass is 32.1. The molecule has 0 amide bonds. The molecule has 0 bridgehead atoms. The summed E-state index contributed by atoms with van der Waals surface area (Å²) >= 11 is 1.10. The Balaban J connectivity index is 2.29. The van der Waals surface area contributed by atoms with E-state index in [0.29, 0.717) is 16.0 Å². The molecule has 0 aliphatic heterocycles. The van der Waals surface area contributed by atoms with Crippen molar-refractivity contribution < 1.29 is 19.4 Å². The number of nitrogens with zero attached hydrogens (tertiary/aromatic N) is 1. The minimum atomic E-state index is -0.554. The Hall–Kier alpha value is -2.34. The second-order valence-electron chi connectivity index (χ2n) is 5.08. The lowest BCUT2D eigenvalue weighted by atomic mass is 10.1. The maximum absolute atomic E-state index is 12.1. The minimum Gasteiger partial charge on any atom is -0.505 e. The number of esters is 1. The lowest BCUT2D eigenvalue weighted by Crippen LogP contribution is -2.10. The molecule has 6 heteroatoms. The van der Waals surface area contributed by atoms with Gasteiger partial charge >= 0.3 is 5.97 Å². The Morgan fingerprint density at radius 3 is 2.73 bits per heavy atom. The topological polar surface area (TPSA) is 68.7 Å². The van der Waals surface area contributed by atoms with E-state index in [1.165, 1.54) is 7.11 Å². The van der Waals surface area contributed by atoms with Gasteiger partial charge in [0.1, 0.15) is 10.6 Å². The lowest BCUT2D eigenvalue weighted by Gasteiger charge is -2.07. The van der Waals surface area contributed by atoms with E-state index in [9.17, 15) is 9.90 Å². The fourth-order valence-electron chi connectivity index (χ4n) is 2.32. The number of fused-ring (bicyclic) bond motifs is 2. The molecule has 1 aromatic carbocycles. The van der Waals surface area contributed by atoms with E-state index in [4.69, 9.17) is 9.47 Å². The van der Waals surface area contributed by atoms with Gasteiger partial charge in [-0.1, -0.05) is 12.1 Å². The number of benzene rings is 1. The molecule has 0 saturated heterocycles. The van der Waals surface area contributed by atoms with E-state index in [2.05, 4.69) is 4.98 Å². The van der Waals surface area contributed by atoms with Crippen molar-refractivity contribution in [3.05, 3.63) is 29.1 Å². The van der Waals surface area contributed by atoms with Gasteiger partial charge in [-0.3, -0.25) is 0 Å². The molecule has 0 aliphatic rings. The molecular formula is C16H15NO4S. The summed E-state index contributed by atoms with van der Waals surface area (Å²) in [5.41, 5.74) is 0.747. The Morgan fingerprint density at radius 2 is 2.05 bits per heavy atom. The van der Waals surface area contributed by atoms with Crippen LogP contribution in [0.3, 0.4) is 0 Å². The number of thiophene rings is 1. The van der Waals surface area contributed by atoms with Crippen molar-refractivity contribution in [1.82, 2.24) is 4.98 Å². The normalized spacial score (nSPS) is 11.3. The number of methoxy groups -OCH3 is 1. The number of carbonyl (C=O) groups is 1. The van der Waals surface area contributed by atoms with Crippen molar-refractivity contribution in [2.24, 2.45) is 0 Å². The predicted octanol–water partition coefficient (Wildman–Crippen LogP) is 3.73. The molecule has 0 aliphatic carbocycles. The van der Waals surface area contributed by atoms with Gasteiger partial charge in [-0.2, -0.15) is 0 Å². The number of aromatic nitrogens is 1. The molecule has 114 valence electrons. The van der Waals surface area contributed by atoms with Crippen LogP contribution in [0.2, 0.25) is 0 Å². The van der Waals surface area contributed by atoms with E-state index in [0.717, 1.165) is 22.2 Å². The van der Waals surface area contributed by atoms with E-state index >= 15 is 0 Å². The van der Waals surface area contributed by atoms with Crippen molar-refractivity contribution in [3.8, 4) is 11.5 Å². The molecule has 3 rings (SSSR count). The molecule has 3 aromatic rings. The fourth-order valence-corrected chi connectivity index (χ4v) is 3.28. The second-order valence-corrected chi connectivity index (χ2v) is 6.08. The second kappa shape index (κ2) is 5.46. The lowest BCUT2D eigenvalue weighted by molar-refractivity contribution is 0.0381. The van der Waals surface area contributed by atoms with Crippen molar-refractivity contribution in [3.63, 3.8) is 0 Å². The average Bonchev–Trinajstić information content (AvgIpc) is 2.81. The number of carbonyl (C=O) groups excluding carboxylic acids is 1. The molecule has 2 heterocycles. The van der Waals surface area contributed by atoms with Gasteiger partial charge in [0.15, 0.2) is 10.6 Å². The zero-order chi connectivity index (χ0) is 15.9. The third-order valence-electron chi connectivity index (χ3n) is 3.19. The summed E-state index contributed by atoms with van der Waals surface area (Å²) < 4.78 is 10.6. The molecular weight excluding hydrogens is 302 g/mol. The monoisotopic (exact) mass is 317 g/mol. The Morgan fingerprint density at radius 1 is 1.32 bits per heavy atom. The fraction of sp³-hybridized carbons (Fsp3) is 0.250. The average molecular weight is 317 g/mol. The largest absolute Gasteiger partial charge is 0.505 e. The summed E-state index contributed by atoms with van der Waals surface area (Å²) in [5.74, 6) is -0.180. The van der Waals surface area contributed by atoms with Gasteiger partial charge in [0.05, 0.1) is 24.1 Å². The molecule has 5 nitrogen and oxygen atoms in total. The van der Waals surface area contributed by atoms with E-state index < -0.39 is 5.97 Å². The summed E-state index contributed by atoms with van der Waals surface area (Å²) in [6.07, 6.45) is -0.258. The summed E-state index contributed by atoms with van der Waals surface area (Å²) in [6, 6.07) is 7.47. The maximum Gasteiger partial charge on any atom is 0.352 e. The maximum atomic E-state index is 12.1. The van der Waals surface area contributed by atoms with Crippen LogP contribution in [0.4, 0.5) is 0 Å². The van der Waals surface area contributed by atoms with Crippen LogP contribution in [0.5, 0.6) is 11.5 Å². The Labute approximate surface area is 131 Å². The van der Waals surface area contributed by atoms with E-state index in [1.807, 2.05) is 24.3 Å². The number of para-hydroxylation sites is 1. The van der Waals surface area contributed by atoms with Crippen LogP contribution in [0.25, 0.3) is 21.1 Å². The van der Waals surface area contributed by atoms with Crippen molar-refractivity contribution in [2.45, 2.75) is 20.0 Å². The van der Waals surface area contributed by atoms with Crippen LogP contribution in [0, 0.1) is 0 Å². The first-order chi connectivity index (χ1) is 10.5. The molecule has 0 spiro atoms. The van der Waals surface area contributed by atoms with Crippen LogP contribution in [0.1, 0.15) is 23.5 Å². The molecule has 1 N–H and O–H groups in total. The zero-order valence-corrected chi connectivity index (χ0v) is 13.2. The van der Waals surface area contributed by atoms with E-state index in [-0.39, 0.29) is 16.7 Å². The third-order valence-corrected chi connectivity index (χ3v) is 4.25. The highest BCUT2D eigenvalue weighted by Crippen LogP contribution is 2.44. The minimum absolute atomic E-state index is 0.138. The first-order valence-electron chi connectivity index (χ1n) is 6.82. The highest BCUT2D eigenvalue weighted by molar-refractivity contribution is 7.21. The van der Waals surface area contributed by atoms with E-state index in [1.54, 1.807) is 13.8 Å². The molecule has 0 radical (unpaired) electrons. The van der Waals surface area contributed by atoms with Crippen LogP contribution < -0.4 is 4.74 Å². The standard InChI is InChI=1S/C16H15NO4S/c1-8(2)21-16(19)14-12(18)11-13(20-3)9-6-4-5-7-10(9)17-15(11)22-14/h4-8,18H,1-3H3. The predicted molar refractivity (Wildman–Crippen MR) is 85.9 cm³/mol. The van der Waals surface area contributed by atoms with Gasteiger partial charge in [-0.15, -0.1) is 11.3 Å². The SMILES string of the molecule is COc1c2ccccc2nc2sc(C(=O)OC(C)C)c(O)c12. The number of hydrogen-bond acceptors (Lipinski definition) is 6. The van der Waals surface area contributed by atoms with Crippen LogP contribution in [-0.4, -0.2) is 29.3 Å². The highest BCUT2D eigenvalue weighted by Gasteiger charge is 2.24. The van der Waals surface area contributed by atoms with Crippen molar-refractivity contribution in [1.29, 1.82) is 0 Å². The first kappa shape index (κ1) is 14.6. The molecule has 0 atom stereocenters. The summed E-state index contributed by atoms with van der Waals surface area (Å²) in [4.78, 5) is 17.3. The smallest absolute Gasteiger partial charge is 0.352 e. The van der Waals surface area contributed by atoms with Gasteiger partial charge < -0.3 is 14.6 Å². The number of hydrogen-bond donors (Lipinski definition) is 1. The Kier molecular flexibility index (Phi) is 3.62. The van der Waals surface area contributed by atoms with Gasteiger partial charge in [0.25, 0.3) is 0 Å². The van der Waals surface area contributed by atoms with Crippen molar-refractivity contribution >= 4 is 38.4 Å². The Bertz CT molecular complexity index is 869. The molecule has 2 aromatic heterocycles. The summed E-state index contributed by atoms with van der Waals surface area (Å²) in [6.45, 7) is 3.52. The molecule has 0 fully saturated rings. The van der Waals surface area contributed by atoms with Crippen LogP contribution >= 0.6 is 11.3 Å². The van der Waals surface area contributed by atoms with Gasteiger partial charge in [-0.05, 0) is 26.0 Å².